The summed E-state index contributed by atoms with van der Waals surface area (Å²) in [5, 5.41) is 26.5. The molecule has 14 heteroatoms. The van der Waals surface area contributed by atoms with Gasteiger partial charge >= 0.3 is 12.1 Å². The first-order chi connectivity index (χ1) is 19.2. The lowest BCUT2D eigenvalue weighted by atomic mass is 10.1. The first-order valence-corrected chi connectivity index (χ1v) is 13.0. The topological polar surface area (TPSA) is 134 Å². The summed E-state index contributed by atoms with van der Waals surface area (Å²) in [5.41, 5.74) is 3.59. The average Bonchev–Trinajstić information content (AvgIpc) is 3.58. The van der Waals surface area contributed by atoms with Gasteiger partial charge in [0.25, 0.3) is 0 Å². The molecule has 204 valence electrons. The molecule has 1 fully saturated rings. The number of rotatable bonds is 4. The first-order valence-electron chi connectivity index (χ1n) is 12.2. The van der Waals surface area contributed by atoms with Crippen LogP contribution in [0.15, 0.2) is 60.8 Å². The van der Waals surface area contributed by atoms with Crippen LogP contribution in [0.25, 0.3) is 21.3 Å². The molecule has 0 bridgehead atoms. The number of hydrogen-bond acceptors (Lipinski definition) is 9. The number of fused-ring (bicyclic) bond motifs is 2. The maximum atomic E-state index is 10.6. The first kappa shape index (κ1) is 26.9. The van der Waals surface area contributed by atoms with Crippen LogP contribution in [0.1, 0.15) is 35.5 Å². The lowest BCUT2D eigenvalue weighted by Gasteiger charge is -2.32. The van der Waals surface area contributed by atoms with E-state index in [1.165, 1.54) is 0 Å². The number of anilines is 1. The molecule has 1 aliphatic heterocycles. The number of nitrogens with zero attached hydrogens (tertiary/aromatic N) is 8. The molecule has 1 atom stereocenters. The predicted octanol–water partition coefficient (Wildman–Crippen LogP) is 4.96. The molecule has 10 nitrogen and oxygen atoms in total. The number of piperidine rings is 1. The number of carboxylic acids is 1. The third-order valence-corrected chi connectivity index (χ3v) is 7.46. The molecule has 4 heterocycles. The highest BCUT2D eigenvalue weighted by molar-refractivity contribution is 7.18. The second kappa shape index (κ2) is 11.2. The summed E-state index contributed by atoms with van der Waals surface area (Å²) in [6.45, 7) is 1.64. The summed E-state index contributed by atoms with van der Waals surface area (Å²) in [6, 6.07) is 20.5. The zero-order chi connectivity index (χ0) is 28.3. The number of halogens is 3. The Morgan fingerprint density at radius 1 is 1.05 bits per heavy atom. The summed E-state index contributed by atoms with van der Waals surface area (Å²) in [6.07, 6.45) is -1.48. The average molecular weight is 567 g/mol. The Morgan fingerprint density at radius 3 is 2.40 bits per heavy atom. The molecule has 1 unspecified atom stereocenters. The van der Waals surface area contributed by atoms with Crippen molar-refractivity contribution >= 4 is 44.5 Å². The van der Waals surface area contributed by atoms with Gasteiger partial charge in [0.2, 0.25) is 5.95 Å². The van der Waals surface area contributed by atoms with Crippen molar-refractivity contribution in [2.24, 2.45) is 0 Å². The Balaban J connectivity index is 0.000000411. The van der Waals surface area contributed by atoms with Crippen LogP contribution in [-0.2, 0) is 4.79 Å². The number of para-hydroxylation sites is 2. The summed E-state index contributed by atoms with van der Waals surface area (Å²) in [5.74, 6) is -2.61. The van der Waals surface area contributed by atoms with E-state index in [1.54, 1.807) is 17.5 Å². The molecular weight excluding hydrogens is 545 g/mol. The van der Waals surface area contributed by atoms with E-state index >= 15 is 0 Å². The van der Waals surface area contributed by atoms with Crippen molar-refractivity contribution in [3.05, 3.63) is 71.5 Å². The number of thiazole rings is 1. The standard InChI is InChI=1S/C24H20N8S.C2HF3O2/c25-15-17(23-27-20-6-2-4-8-22(20)33-23)18-9-12-26-24(28-18)31-13-10-16(11-14-31)32-21-7-3-1-5-19(21)29-30-32;3-2(4,5)1(6)7/h1-9,12,16-17H,10-11,13-14H2;(H,6,7). The fourth-order valence-corrected chi connectivity index (χ4v) is 5.43. The van der Waals surface area contributed by atoms with Crippen molar-refractivity contribution in [1.82, 2.24) is 29.9 Å². The maximum Gasteiger partial charge on any atom is 0.490 e. The lowest BCUT2D eigenvalue weighted by Crippen LogP contribution is -2.36. The van der Waals surface area contributed by atoms with Crippen LogP contribution in [0, 0.1) is 11.3 Å². The fourth-order valence-electron chi connectivity index (χ4n) is 4.40. The van der Waals surface area contributed by atoms with Gasteiger partial charge in [-0.3, -0.25) is 0 Å². The van der Waals surface area contributed by atoms with Crippen LogP contribution in [0.5, 0.6) is 0 Å². The van der Waals surface area contributed by atoms with Gasteiger partial charge in [0.1, 0.15) is 16.4 Å². The molecule has 1 N–H and O–H groups in total. The van der Waals surface area contributed by atoms with Crippen molar-refractivity contribution in [3.8, 4) is 6.07 Å². The van der Waals surface area contributed by atoms with E-state index in [9.17, 15) is 18.4 Å². The third-order valence-electron chi connectivity index (χ3n) is 6.36. The van der Waals surface area contributed by atoms with Gasteiger partial charge in [-0.05, 0) is 43.2 Å². The van der Waals surface area contributed by atoms with Crippen molar-refractivity contribution < 1.29 is 23.1 Å². The summed E-state index contributed by atoms with van der Waals surface area (Å²) < 4.78 is 34.9. The summed E-state index contributed by atoms with van der Waals surface area (Å²) in [4.78, 5) is 25.0. The second-order valence-electron chi connectivity index (χ2n) is 8.91. The zero-order valence-corrected chi connectivity index (χ0v) is 21.5. The number of benzene rings is 2. The quantitative estimate of drug-likeness (QED) is 0.320. The fraction of sp³-hybridized carbons (Fsp3) is 0.269. The Kier molecular flexibility index (Phi) is 7.56. The molecule has 0 saturated carbocycles. The van der Waals surface area contributed by atoms with Gasteiger partial charge in [-0.2, -0.15) is 18.4 Å². The van der Waals surface area contributed by atoms with E-state index in [1.807, 2.05) is 53.2 Å². The van der Waals surface area contributed by atoms with E-state index in [-0.39, 0.29) is 0 Å². The summed E-state index contributed by atoms with van der Waals surface area (Å²) >= 11 is 1.54. The Bertz CT molecular complexity index is 1660. The number of aromatic nitrogens is 6. The number of carboxylic acid groups (broad SMARTS) is 1. The van der Waals surface area contributed by atoms with Gasteiger partial charge in [0, 0.05) is 19.3 Å². The minimum atomic E-state index is -5.08. The van der Waals surface area contributed by atoms with E-state index < -0.39 is 18.1 Å². The highest BCUT2D eigenvalue weighted by Gasteiger charge is 2.38. The van der Waals surface area contributed by atoms with Crippen molar-refractivity contribution in [1.29, 1.82) is 5.26 Å². The minimum Gasteiger partial charge on any atom is -0.475 e. The minimum absolute atomic E-state index is 0.298. The number of nitriles is 1. The van der Waals surface area contributed by atoms with Gasteiger partial charge in [0.15, 0.2) is 0 Å². The predicted molar refractivity (Wildman–Crippen MR) is 141 cm³/mol. The zero-order valence-electron chi connectivity index (χ0n) is 20.7. The number of hydrogen-bond donors (Lipinski definition) is 1. The van der Waals surface area contributed by atoms with Crippen molar-refractivity contribution in [2.75, 3.05) is 18.0 Å². The number of aliphatic carboxylic acids is 1. The monoisotopic (exact) mass is 566 g/mol. The normalized spacial score (nSPS) is 14.9. The highest BCUT2D eigenvalue weighted by Crippen LogP contribution is 2.32. The van der Waals surface area contributed by atoms with E-state index in [0.717, 1.165) is 52.2 Å². The molecule has 0 aliphatic carbocycles. The highest BCUT2D eigenvalue weighted by atomic mass is 32.1. The smallest absolute Gasteiger partial charge is 0.475 e. The van der Waals surface area contributed by atoms with Gasteiger partial charge in [-0.25, -0.2) is 24.4 Å². The van der Waals surface area contributed by atoms with Crippen LogP contribution < -0.4 is 4.90 Å². The Labute approximate surface area is 229 Å². The molecule has 2 aromatic carbocycles. The van der Waals surface area contributed by atoms with Crippen molar-refractivity contribution in [3.63, 3.8) is 0 Å². The lowest BCUT2D eigenvalue weighted by molar-refractivity contribution is -0.192. The molecule has 0 radical (unpaired) electrons. The third kappa shape index (κ3) is 5.69. The van der Waals surface area contributed by atoms with E-state index in [0.29, 0.717) is 17.7 Å². The van der Waals surface area contributed by atoms with Gasteiger partial charge < -0.3 is 10.0 Å². The number of carbonyl (C=O) groups is 1. The van der Waals surface area contributed by atoms with Crippen LogP contribution in [0.3, 0.4) is 0 Å². The molecule has 40 heavy (non-hydrogen) atoms. The van der Waals surface area contributed by atoms with Crippen LogP contribution in [0.4, 0.5) is 19.1 Å². The molecule has 0 spiro atoms. The molecule has 1 aliphatic rings. The van der Waals surface area contributed by atoms with Crippen LogP contribution in [0.2, 0.25) is 0 Å². The number of alkyl halides is 3. The van der Waals surface area contributed by atoms with E-state index in [2.05, 4.69) is 37.3 Å². The van der Waals surface area contributed by atoms with Gasteiger partial charge in [-0.1, -0.05) is 29.5 Å². The molecule has 0 amide bonds. The summed E-state index contributed by atoms with van der Waals surface area (Å²) in [7, 11) is 0. The molecule has 1 saturated heterocycles. The Hall–Kier alpha value is -4.64. The molecule has 3 aromatic heterocycles. The van der Waals surface area contributed by atoms with Crippen molar-refractivity contribution in [2.45, 2.75) is 31.0 Å². The molecule has 5 aromatic rings. The van der Waals surface area contributed by atoms with Crippen LogP contribution >= 0.6 is 11.3 Å². The maximum absolute atomic E-state index is 10.6. The van der Waals surface area contributed by atoms with E-state index in [4.69, 9.17) is 14.9 Å². The largest absolute Gasteiger partial charge is 0.490 e. The van der Waals surface area contributed by atoms with Crippen LogP contribution in [-0.4, -0.2) is 60.3 Å². The SMILES string of the molecule is N#CC(c1ccnc(N2CCC(n3nnc4ccccc43)CC2)n1)c1nc2ccccc2s1.O=C(O)C(F)(F)F. The van der Waals surface area contributed by atoms with Gasteiger partial charge in [-0.15, -0.1) is 16.4 Å². The molecular formula is C26H21F3N8O2S. The second-order valence-corrected chi connectivity index (χ2v) is 9.97. The molecule has 6 rings (SSSR count). The Morgan fingerprint density at radius 2 is 1.73 bits per heavy atom. The van der Waals surface area contributed by atoms with Gasteiger partial charge in [0.05, 0.1) is 33.5 Å².